The fourth-order valence-corrected chi connectivity index (χ4v) is 4.66. The van der Waals surface area contributed by atoms with Gasteiger partial charge in [-0.05, 0) is 73.9 Å². The number of benzene rings is 3. The Hall–Kier alpha value is -4.02. The third-order valence-electron chi connectivity index (χ3n) is 5.54. The van der Waals surface area contributed by atoms with Crippen molar-refractivity contribution >= 4 is 33.7 Å². The van der Waals surface area contributed by atoms with Crippen molar-refractivity contribution in [1.82, 2.24) is 10.1 Å². The smallest absolute Gasteiger partial charge is 0.262 e. The lowest BCUT2D eigenvalue weighted by atomic mass is 10.1. The number of sulfonamides is 1. The molecule has 0 aliphatic rings. The fraction of sp³-hybridized carbons (Fsp3) is 0.250. The average molecular weight is 537 g/mol. The summed E-state index contributed by atoms with van der Waals surface area (Å²) in [5.74, 6) is -0.674. The normalized spacial score (nSPS) is 12.3. The molecule has 0 fully saturated rings. The Labute approximate surface area is 223 Å². The predicted molar refractivity (Wildman–Crippen MR) is 148 cm³/mol. The molecule has 0 saturated heterocycles. The summed E-state index contributed by atoms with van der Waals surface area (Å²) in [5.41, 5.74) is 5.79. The summed E-state index contributed by atoms with van der Waals surface area (Å²) < 4.78 is 33.4. The summed E-state index contributed by atoms with van der Waals surface area (Å²) in [5, 5.41) is 6.72. The van der Waals surface area contributed by atoms with E-state index in [1.807, 2.05) is 38.1 Å². The number of hydrogen-bond donors (Lipinski definition) is 3. The minimum Gasteiger partial charge on any atom is -0.484 e. The summed E-state index contributed by atoms with van der Waals surface area (Å²) in [6.45, 7) is 7.17. The van der Waals surface area contributed by atoms with Crippen LogP contribution in [-0.4, -0.2) is 39.1 Å². The van der Waals surface area contributed by atoms with Gasteiger partial charge in [0.05, 0.1) is 11.1 Å². The Bertz CT molecular complexity index is 1370. The molecule has 1 atom stereocenters. The number of carbonyl (C=O) groups is 2. The molecule has 0 saturated carbocycles. The van der Waals surface area contributed by atoms with Gasteiger partial charge in [-0.15, -0.1) is 0 Å². The molecule has 3 N–H and O–H groups in total. The molecule has 0 bridgehead atoms. The zero-order chi connectivity index (χ0) is 27.7. The van der Waals surface area contributed by atoms with Crippen LogP contribution in [-0.2, 0) is 19.6 Å². The van der Waals surface area contributed by atoms with Crippen molar-refractivity contribution in [3.8, 4) is 5.75 Å². The number of hydrazone groups is 1. The highest BCUT2D eigenvalue weighted by atomic mass is 32.2. The lowest BCUT2D eigenvalue weighted by molar-refractivity contribution is -0.123. The van der Waals surface area contributed by atoms with Gasteiger partial charge >= 0.3 is 0 Å². The van der Waals surface area contributed by atoms with Crippen molar-refractivity contribution in [2.24, 2.45) is 11.0 Å². The van der Waals surface area contributed by atoms with Crippen LogP contribution in [0.15, 0.2) is 82.8 Å². The highest BCUT2D eigenvalue weighted by Crippen LogP contribution is 2.14. The van der Waals surface area contributed by atoms with Crippen LogP contribution >= 0.6 is 0 Å². The minimum absolute atomic E-state index is 0.0833. The van der Waals surface area contributed by atoms with Gasteiger partial charge in [-0.1, -0.05) is 49.2 Å². The van der Waals surface area contributed by atoms with Gasteiger partial charge in [-0.2, -0.15) is 9.82 Å². The molecule has 0 aliphatic heterocycles. The van der Waals surface area contributed by atoms with E-state index >= 15 is 0 Å². The van der Waals surface area contributed by atoms with E-state index in [0.717, 1.165) is 11.1 Å². The number of ether oxygens (including phenoxy) is 1. The topological polar surface area (TPSA) is 126 Å². The molecule has 9 nitrogen and oxygen atoms in total. The van der Waals surface area contributed by atoms with Gasteiger partial charge in [0.1, 0.15) is 11.8 Å². The van der Waals surface area contributed by atoms with E-state index < -0.39 is 22.0 Å². The van der Waals surface area contributed by atoms with Gasteiger partial charge in [0.2, 0.25) is 10.0 Å². The van der Waals surface area contributed by atoms with Crippen molar-refractivity contribution in [3.63, 3.8) is 0 Å². The molecule has 0 aliphatic carbocycles. The van der Waals surface area contributed by atoms with Crippen LogP contribution in [0.25, 0.3) is 0 Å². The second kappa shape index (κ2) is 13.0. The highest BCUT2D eigenvalue weighted by Gasteiger charge is 2.28. The summed E-state index contributed by atoms with van der Waals surface area (Å²) >= 11 is 0. The van der Waals surface area contributed by atoms with Crippen LogP contribution in [0.1, 0.15) is 30.5 Å². The van der Waals surface area contributed by atoms with E-state index in [0.29, 0.717) is 17.0 Å². The van der Waals surface area contributed by atoms with Crippen molar-refractivity contribution in [2.45, 2.75) is 38.6 Å². The SMILES string of the molecule is Cc1ccc(NC(=O)COc2ccc(/C=N\NC(=O)[C@@H](NS(=O)(=O)c3ccc(C)cc3)C(C)C)cc2)cc1. The maximum atomic E-state index is 12.7. The molecule has 0 aromatic heterocycles. The first-order valence-corrected chi connectivity index (χ1v) is 13.5. The number of nitrogens with one attached hydrogen (secondary N) is 3. The quantitative estimate of drug-likeness (QED) is 0.254. The van der Waals surface area contributed by atoms with E-state index in [4.69, 9.17) is 4.74 Å². The summed E-state index contributed by atoms with van der Waals surface area (Å²) in [6.07, 6.45) is 1.43. The first-order valence-electron chi connectivity index (χ1n) is 12.0. The lowest BCUT2D eigenvalue weighted by Crippen LogP contribution is -2.48. The summed E-state index contributed by atoms with van der Waals surface area (Å²) in [6, 6.07) is 19.6. The standard InChI is InChI=1S/C28H32N4O5S/c1-19(2)27(32-38(35,36)25-15-7-21(4)8-16-25)28(34)31-29-17-22-9-13-24(14-10-22)37-18-26(33)30-23-11-5-20(3)6-12-23/h5-17,19,27,32H,18H2,1-4H3,(H,30,33)(H,31,34)/b29-17-/t27-/m0/s1. The second-order valence-corrected chi connectivity index (χ2v) is 10.9. The molecule has 3 rings (SSSR count). The van der Waals surface area contributed by atoms with Crippen molar-refractivity contribution in [3.05, 3.63) is 89.5 Å². The van der Waals surface area contributed by atoms with Crippen LogP contribution in [0.4, 0.5) is 5.69 Å². The van der Waals surface area contributed by atoms with Crippen molar-refractivity contribution in [1.29, 1.82) is 0 Å². The predicted octanol–water partition coefficient (Wildman–Crippen LogP) is 3.77. The number of aryl methyl sites for hydroxylation is 2. The van der Waals surface area contributed by atoms with Gasteiger partial charge in [0.25, 0.3) is 11.8 Å². The molecule has 0 radical (unpaired) electrons. The highest BCUT2D eigenvalue weighted by molar-refractivity contribution is 7.89. The zero-order valence-corrected chi connectivity index (χ0v) is 22.6. The third kappa shape index (κ3) is 8.53. The molecule has 0 spiro atoms. The maximum absolute atomic E-state index is 12.7. The number of hydrogen-bond acceptors (Lipinski definition) is 6. The number of anilines is 1. The molecular weight excluding hydrogens is 504 g/mol. The Morgan fingerprint density at radius 2 is 1.47 bits per heavy atom. The van der Waals surface area contributed by atoms with E-state index in [1.165, 1.54) is 18.3 Å². The molecule has 38 heavy (non-hydrogen) atoms. The first-order chi connectivity index (χ1) is 18.0. The maximum Gasteiger partial charge on any atom is 0.262 e. The fourth-order valence-electron chi connectivity index (χ4n) is 3.32. The largest absolute Gasteiger partial charge is 0.484 e. The summed E-state index contributed by atoms with van der Waals surface area (Å²) in [7, 11) is -3.88. The van der Waals surface area contributed by atoms with E-state index in [9.17, 15) is 18.0 Å². The molecule has 0 heterocycles. The zero-order valence-electron chi connectivity index (χ0n) is 21.8. The minimum atomic E-state index is -3.88. The summed E-state index contributed by atoms with van der Waals surface area (Å²) in [4.78, 5) is 24.8. The lowest BCUT2D eigenvalue weighted by Gasteiger charge is -2.20. The van der Waals surface area contributed by atoms with E-state index in [2.05, 4.69) is 20.6 Å². The van der Waals surface area contributed by atoms with Gasteiger partial charge in [0, 0.05) is 5.69 Å². The van der Waals surface area contributed by atoms with Crippen molar-refractivity contribution < 1.29 is 22.7 Å². The van der Waals surface area contributed by atoms with Gasteiger partial charge < -0.3 is 10.1 Å². The number of carbonyl (C=O) groups excluding carboxylic acids is 2. The molecule has 200 valence electrons. The number of nitrogens with zero attached hydrogens (tertiary/aromatic N) is 1. The molecule has 0 unspecified atom stereocenters. The Morgan fingerprint density at radius 1 is 0.895 bits per heavy atom. The molecule has 10 heteroatoms. The van der Waals surface area contributed by atoms with Gasteiger partial charge in [-0.25, -0.2) is 13.8 Å². The Morgan fingerprint density at radius 3 is 2.05 bits per heavy atom. The number of rotatable bonds is 11. The van der Waals surface area contributed by atoms with Gasteiger partial charge in [-0.3, -0.25) is 9.59 Å². The van der Waals surface area contributed by atoms with Crippen molar-refractivity contribution in [2.75, 3.05) is 11.9 Å². The first kappa shape index (κ1) is 28.5. The molecular formula is C28H32N4O5S. The molecule has 3 aromatic rings. The van der Waals surface area contributed by atoms with Crippen LogP contribution in [0.2, 0.25) is 0 Å². The monoisotopic (exact) mass is 536 g/mol. The van der Waals surface area contributed by atoms with E-state index in [1.54, 1.807) is 50.2 Å². The Balaban J connectivity index is 1.51. The number of amides is 2. The van der Waals surface area contributed by atoms with Crippen LogP contribution in [0.5, 0.6) is 5.75 Å². The van der Waals surface area contributed by atoms with Crippen LogP contribution in [0.3, 0.4) is 0 Å². The second-order valence-electron chi connectivity index (χ2n) is 9.16. The third-order valence-corrected chi connectivity index (χ3v) is 6.99. The average Bonchev–Trinajstić information content (AvgIpc) is 2.88. The van der Waals surface area contributed by atoms with Crippen LogP contribution in [0, 0.1) is 19.8 Å². The van der Waals surface area contributed by atoms with Gasteiger partial charge in [0.15, 0.2) is 6.61 Å². The van der Waals surface area contributed by atoms with E-state index in [-0.39, 0.29) is 23.3 Å². The van der Waals surface area contributed by atoms with Crippen LogP contribution < -0.4 is 20.2 Å². The Kier molecular flexibility index (Phi) is 9.75. The molecule has 3 aromatic carbocycles. The molecule has 2 amide bonds.